The van der Waals surface area contributed by atoms with E-state index in [4.69, 9.17) is 10.5 Å². The summed E-state index contributed by atoms with van der Waals surface area (Å²) in [7, 11) is 0. The molecule has 10 heteroatoms. The average molecular weight is 553 g/mol. The van der Waals surface area contributed by atoms with Crippen LogP contribution >= 0.6 is 0 Å². The fourth-order valence-electron chi connectivity index (χ4n) is 6.54. The number of hydrogen-bond donors (Lipinski definition) is 3. The number of nitrogens with one attached hydrogen (secondary N) is 2. The Kier molecular flexibility index (Phi) is 6.90. The van der Waals surface area contributed by atoms with Crippen LogP contribution in [0.5, 0.6) is 0 Å². The minimum atomic E-state index is -0.225. The molecule has 3 saturated heterocycles. The molecule has 3 aromatic heterocycles. The number of fused-ring (bicyclic) bond motifs is 1. The number of likely N-dealkylation sites (tertiary alicyclic amines) is 1. The van der Waals surface area contributed by atoms with Crippen LogP contribution in [0.25, 0.3) is 22.3 Å². The van der Waals surface area contributed by atoms with E-state index in [1.165, 1.54) is 0 Å². The van der Waals surface area contributed by atoms with Crippen molar-refractivity contribution < 1.29 is 9.53 Å². The van der Waals surface area contributed by atoms with E-state index in [1.54, 1.807) is 12.5 Å². The molecule has 1 aromatic carbocycles. The highest BCUT2D eigenvalue weighted by molar-refractivity contribution is 6.03. The lowest BCUT2D eigenvalue weighted by atomic mass is 9.87. The molecule has 6 heterocycles. The molecule has 0 bridgehead atoms. The first-order chi connectivity index (χ1) is 20.0. The van der Waals surface area contributed by atoms with Crippen molar-refractivity contribution in [1.29, 1.82) is 0 Å². The van der Waals surface area contributed by atoms with Crippen molar-refractivity contribution in [1.82, 2.24) is 24.8 Å². The predicted octanol–water partition coefficient (Wildman–Crippen LogP) is 3.81. The molecule has 4 aromatic rings. The Morgan fingerprint density at radius 3 is 2.85 bits per heavy atom. The quantitative estimate of drug-likeness (QED) is 0.330. The predicted molar refractivity (Wildman–Crippen MR) is 159 cm³/mol. The summed E-state index contributed by atoms with van der Waals surface area (Å²) in [6, 6.07) is 14.0. The number of nitrogens with zero attached hydrogens (tertiary/aromatic N) is 5. The van der Waals surface area contributed by atoms with Crippen LogP contribution in [0, 0.1) is 5.41 Å². The number of H-pyrrole nitrogens is 1. The molecule has 3 fully saturated rings. The number of hydrogen-bond acceptors (Lipinski definition) is 8. The Hall–Kier alpha value is -3.86. The van der Waals surface area contributed by atoms with E-state index < -0.39 is 0 Å². The van der Waals surface area contributed by atoms with Gasteiger partial charge in [-0.05, 0) is 73.7 Å². The molecule has 0 aliphatic carbocycles. The second kappa shape index (κ2) is 10.8. The van der Waals surface area contributed by atoms with E-state index in [0.29, 0.717) is 11.4 Å². The van der Waals surface area contributed by atoms with Gasteiger partial charge in [-0.15, -0.1) is 0 Å². The number of rotatable bonds is 6. The maximum atomic E-state index is 13.0. The molecule has 7 rings (SSSR count). The van der Waals surface area contributed by atoms with Crippen molar-refractivity contribution in [3.8, 4) is 11.3 Å². The van der Waals surface area contributed by atoms with E-state index >= 15 is 0 Å². The van der Waals surface area contributed by atoms with Crippen LogP contribution in [0.15, 0.2) is 55.0 Å². The van der Waals surface area contributed by atoms with Crippen LogP contribution in [0.3, 0.4) is 0 Å². The number of carbonyl (C=O) groups excluding carboxylic acids is 1. The number of aromatic amines is 1. The zero-order valence-corrected chi connectivity index (χ0v) is 23.2. The molecule has 1 unspecified atom stereocenters. The van der Waals surface area contributed by atoms with E-state index in [1.807, 2.05) is 36.4 Å². The smallest absolute Gasteiger partial charge is 0.274 e. The van der Waals surface area contributed by atoms with Crippen LogP contribution in [0.2, 0.25) is 0 Å². The van der Waals surface area contributed by atoms with Gasteiger partial charge in [0, 0.05) is 61.8 Å². The zero-order valence-electron chi connectivity index (χ0n) is 23.2. The molecule has 0 saturated carbocycles. The summed E-state index contributed by atoms with van der Waals surface area (Å²) in [6.45, 7) is 6.34. The van der Waals surface area contributed by atoms with E-state index in [0.717, 1.165) is 105 Å². The van der Waals surface area contributed by atoms with Gasteiger partial charge < -0.3 is 25.7 Å². The molecule has 2 atom stereocenters. The minimum absolute atomic E-state index is 0.223. The summed E-state index contributed by atoms with van der Waals surface area (Å²) in [5, 5.41) is 4.01. The maximum Gasteiger partial charge on any atom is 0.274 e. The topological polar surface area (TPSA) is 125 Å². The van der Waals surface area contributed by atoms with Gasteiger partial charge in [0.05, 0.1) is 12.0 Å². The van der Waals surface area contributed by atoms with Gasteiger partial charge >= 0.3 is 0 Å². The second-order valence-corrected chi connectivity index (χ2v) is 11.8. The van der Waals surface area contributed by atoms with Gasteiger partial charge in [-0.2, -0.15) is 0 Å². The molecule has 4 N–H and O–H groups in total. The third-order valence-electron chi connectivity index (χ3n) is 8.79. The lowest BCUT2D eigenvalue weighted by Crippen LogP contribution is -2.42. The van der Waals surface area contributed by atoms with Crippen molar-refractivity contribution in [3.05, 3.63) is 66.2 Å². The number of aromatic nitrogens is 4. The molecule has 10 nitrogen and oxygen atoms in total. The van der Waals surface area contributed by atoms with Gasteiger partial charge in [0.1, 0.15) is 23.5 Å². The number of piperidine rings is 1. The van der Waals surface area contributed by atoms with Crippen LogP contribution in [-0.4, -0.2) is 76.2 Å². The van der Waals surface area contributed by atoms with Crippen molar-refractivity contribution in [2.24, 2.45) is 11.1 Å². The number of benzene rings is 1. The monoisotopic (exact) mass is 552 g/mol. The molecule has 1 spiro atoms. The fraction of sp³-hybridized carbons (Fsp3) is 0.419. The first kappa shape index (κ1) is 26.1. The molecule has 0 radical (unpaired) electrons. The van der Waals surface area contributed by atoms with Crippen LogP contribution in [-0.2, 0) is 11.3 Å². The molecule has 3 aliphatic rings. The maximum absolute atomic E-state index is 13.0. The number of pyridine rings is 1. The van der Waals surface area contributed by atoms with Crippen molar-refractivity contribution in [2.45, 2.75) is 38.3 Å². The highest BCUT2D eigenvalue weighted by atomic mass is 16.5. The first-order valence-electron chi connectivity index (χ1n) is 14.5. The number of carbonyl (C=O) groups is 1. The minimum Gasteiger partial charge on any atom is -0.381 e. The number of anilines is 2. The lowest BCUT2D eigenvalue weighted by Gasteiger charge is -2.30. The summed E-state index contributed by atoms with van der Waals surface area (Å²) in [5.41, 5.74) is 11.4. The van der Waals surface area contributed by atoms with Gasteiger partial charge in [-0.25, -0.2) is 9.97 Å². The molecule has 3 aliphatic heterocycles. The SMILES string of the molecule is N[C@@H]1CCCN(Cc2ccnc(C(=O)Nc3ccc(-c4cc5c(N6CCC7(CCOC7)C6)ncnc5[nH]4)cc3)c2)C1. The summed E-state index contributed by atoms with van der Waals surface area (Å²) < 4.78 is 5.71. The van der Waals surface area contributed by atoms with Crippen LogP contribution < -0.4 is 16.0 Å². The van der Waals surface area contributed by atoms with Gasteiger partial charge in [0.25, 0.3) is 5.91 Å². The van der Waals surface area contributed by atoms with Gasteiger partial charge in [0.15, 0.2) is 0 Å². The van der Waals surface area contributed by atoms with E-state index in [-0.39, 0.29) is 17.4 Å². The number of amides is 1. The molecule has 1 amide bonds. The van der Waals surface area contributed by atoms with Crippen LogP contribution in [0.4, 0.5) is 11.5 Å². The van der Waals surface area contributed by atoms with Gasteiger partial charge in [0.2, 0.25) is 0 Å². The summed E-state index contributed by atoms with van der Waals surface area (Å²) >= 11 is 0. The Balaban J connectivity index is 1.03. The standard InChI is InChI=1S/C31H36N8O2/c32-23-2-1-11-38(17-23)16-21-7-10-33-27(14-21)30(40)36-24-5-3-22(4-6-24)26-15-25-28(37-26)34-20-35-29(25)39-12-8-31(18-39)9-13-41-19-31/h3-7,10,14-15,20,23H,1-2,8-9,11-13,16-19,32H2,(H,36,40)(H,34,35,37)/t23-,31?/m1/s1. The van der Waals surface area contributed by atoms with Crippen molar-refractivity contribution in [2.75, 3.05) is 49.6 Å². The van der Waals surface area contributed by atoms with Crippen molar-refractivity contribution >= 4 is 28.4 Å². The molecule has 41 heavy (non-hydrogen) atoms. The number of nitrogens with two attached hydrogens (primary N) is 1. The Morgan fingerprint density at radius 1 is 1.12 bits per heavy atom. The first-order valence-corrected chi connectivity index (χ1v) is 14.5. The third kappa shape index (κ3) is 5.42. The molecular formula is C31H36N8O2. The van der Waals surface area contributed by atoms with Crippen LogP contribution in [0.1, 0.15) is 41.7 Å². The molecular weight excluding hydrogens is 516 g/mol. The Bertz CT molecular complexity index is 1550. The summed E-state index contributed by atoms with van der Waals surface area (Å²) in [4.78, 5) is 34.6. The summed E-state index contributed by atoms with van der Waals surface area (Å²) in [6.07, 6.45) is 7.77. The summed E-state index contributed by atoms with van der Waals surface area (Å²) in [5.74, 6) is 0.750. The normalized spacial score (nSPS) is 23.0. The number of ether oxygens (including phenoxy) is 1. The zero-order chi connectivity index (χ0) is 27.8. The largest absolute Gasteiger partial charge is 0.381 e. The lowest BCUT2D eigenvalue weighted by molar-refractivity contribution is 0.102. The highest BCUT2D eigenvalue weighted by Gasteiger charge is 2.42. The average Bonchev–Trinajstić information content (AvgIpc) is 3.74. The highest BCUT2D eigenvalue weighted by Crippen LogP contribution is 2.41. The fourth-order valence-corrected chi connectivity index (χ4v) is 6.54. The Labute approximate surface area is 239 Å². The van der Waals surface area contributed by atoms with Crippen molar-refractivity contribution in [3.63, 3.8) is 0 Å². The van der Waals surface area contributed by atoms with E-state index in [9.17, 15) is 4.79 Å². The van der Waals surface area contributed by atoms with Gasteiger partial charge in [-0.3, -0.25) is 14.7 Å². The molecule has 212 valence electrons. The second-order valence-electron chi connectivity index (χ2n) is 11.8. The van der Waals surface area contributed by atoms with Gasteiger partial charge in [-0.1, -0.05) is 12.1 Å². The third-order valence-corrected chi connectivity index (χ3v) is 8.79. The Morgan fingerprint density at radius 2 is 2.02 bits per heavy atom. The van der Waals surface area contributed by atoms with E-state index in [2.05, 4.69) is 41.1 Å².